The molecule has 2 atom stereocenters. The first kappa shape index (κ1) is 14.3. The third-order valence-electron chi connectivity index (χ3n) is 3.20. The van der Waals surface area contributed by atoms with Crippen molar-refractivity contribution in [2.75, 3.05) is 11.9 Å². The van der Waals surface area contributed by atoms with Crippen molar-refractivity contribution in [3.8, 4) is 0 Å². The van der Waals surface area contributed by atoms with Crippen LogP contribution in [-0.2, 0) is 0 Å². The molecule has 2 rings (SSSR count). The highest BCUT2D eigenvalue weighted by atomic mass is 35.5. The van der Waals surface area contributed by atoms with Gasteiger partial charge in [0.15, 0.2) is 5.13 Å². The van der Waals surface area contributed by atoms with E-state index in [-0.39, 0.29) is 12.1 Å². The predicted molar refractivity (Wildman–Crippen MR) is 83.0 cm³/mol. The Kier molecular flexibility index (Phi) is 4.45. The molecular weight excluding hydrogens is 278 g/mol. The second kappa shape index (κ2) is 5.90. The second-order valence-electron chi connectivity index (χ2n) is 4.64. The van der Waals surface area contributed by atoms with E-state index in [1.807, 2.05) is 44.4 Å². The van der Waals surface area contributed by atoms with Crippen LogP contribution in [0, 0.1) is 0 Å². The van der Waals surface area contributed by atoms with Gasteiger partial charge in [-0.2, -0.15) is 0 Å². The fourth-order valence-corrected chi connectivity index (χ4v) is 3.04. The zero-order chi connectivity index (χ0) is 14.0. The van der Waals surface area contributed by atoms with Crippen LogP contribution in [0.15, 0.2) is 30.5 Å². The Hall–Kier alpha value is -1.10. The van der Waals surface area contributed by atoms with Crippen molar-refractivity contribution < 1.29 is 0 Å². The third-order valence-corrected chi connectivity index (χ3v) is 4.83. The normalized spacial score (nSPS) is 14.2. The minimum absolute atomic E-state index is 0.0234. The van der Waals surface area contributed by atoms with Crippen LogP contribution in [0.3, 0.4) is 0 Å². The van der Waals surface area contributed by atoms with E-state index in [4.69, 9.17) is 17.3 Å². The van der Waals surface area contributed by atoms with Crippen LogP contribution in [0.25, 0.3) is 0 Å². The first-order chi connectivity index (χ1) is 9.00. The lowest BCUT2D eigenvalue weighted by Crippen LogP contribution is -2.21. The summed E-state index contributed by atoms with van der Waals surface area (Å²) in [4.78, 5) is 7.65. The highest BCUT2D eigenvalue weighted by molar-refractivity contribution is 7.15. The van der Waals surface area contributed by atoms with Crippen molar-refractivity contribution in [1.82, 2.24) is 4.98 Å². The van der Waals surface area contributed by atoms with Gasteiger partial charge in [0.1, 0.15) is 0 Å². The van der Waals surface area contributed by atoms with Crippen LogP contribution in [0.2, 0.25) is 5.02 Å². The zero-order valence-corrected chi connectivity index (χ0v) is 12.9. The minimum Gasteiger partial charge on any atom is -0.344 e. The van der Waals surface area contributed by atoms with Crippen LogP contribution in [0.5, 0.6) is 0 Å². The molecule has 2 N–H and O–H groups in total. The Morgan fingerprint density at radius 2 is 2.00 bits per heavy atom. The summed E-state index contributed by atoms with van der Waals surface area (Å²) in [6.45, 7) is 4.09. The molecule has 0 bridgehead atoms. The Morgan fingerprint density at radius 1 is 1.32 bits per heavy atom. The van der Waals surface area contributed by atoms with Crippen molar-refractivity contribution >= 4 is 28.1 Å². The van der Waals surface area contributed by atoms with Gasteiger partial charge in [0.05, 0.1) is 6.04 Å². The van der Waals surface area contributed by atoms with Crippen LogP contribution >= 0.6 is 22.9 Å². The molecule has 2 unspecified atom stereocenters. The number of halogens is 1. The van der Waals surface area contributed by atoms with Crippen LogP contribution in [-0.4, -0.2) is 12.0 Å². The smallest absolute Gasteiger partial charge is 0.185 e. The highest BCUT2D eigenvalue weighted by Crippen LogP contribution is 2.33. The average molecular weight is 296 g/mol. The molecule has 2 aromatic rings. The van der Waals surface area contributed by atoms with Gasteiger partial charge in [-0.15, -0.1) is 11.3 Å². The van der Waals surface area contributed by atoms with Crippen molar-refractivity contribution in [3.63, 3.8) is 0 Å². The fraction of sp³-hybridized carbons (Fsp3) is 0.357. The van der Waals surface area contributed by atoms with Crippen molar-refractivity contribution in [3.05, 3.63) is 45.9 Å². The summed E-state index contributed by atoms with van der Waals surface area (Å²) in [7, 11) is 2.03. The van der Waals surface area contributed by atoms with Gasteiger partial charge in [-0.05, 0) is 25.5 Å². The Bertz CT molecular complexity index is 553. The molecule has 0 aliphatic rings. The highest BCUT2D eigenvalue weighted by Gasteiger charge is 2.18. The van der Waals surface area contributed by atoms with E-state index in [0.29, 0.717) is 0 Å². The molecule has 1 heterocycles. The molecule has 102 valence electrons. The lowest BCUT2D eigenvalue weighted by molar-refractivity contribution is 0.737. The summed E-state index contributed by atoms with van der Waals surface area (Å²) in [5, 5.41) is 1.74. The number of nitrogens with zero attached hydrogens (tertiary/aromatic N) is 2. The number of anilines is 1. The SMILES string of the molecule is CC(N)c1cnc(N(C)C(C)c2ccccc2Cl)s1. The van der Waals surface area contributed by atoms with Gasteiger partial charge in [-0.25, -0.2) is 4.98 Å². The van der Waals surface area contributed by atoms with E-state index < -0.39 is 0 Å². The number of hydrogen-bond donors (Lipinski definition) is 1. The third kappa shape index (κ3) is 3.08. The van der Waals surface area contributed by atoms with Gasteiger partial charge in [-0.3, -0.25) is 0 Å². The number of benzene rings is 1. The predicted octanol–water partition coefficient (Wildman–Crippen LogP) is 4.01. The summed E-state index contributed by atoms with van der Waals surface area (Å²) in [6.07, 6.45) is 1.85. The van der Waals surface area contributed by atoms with E-state index >= 15 is 0 Å². The van der Waals surface area contributed by atoms with Gasteiger partial charge < -0.3 is 10.6 Å². The van der Waals surface area contributed by atoms with Gasteiger partial charge >= 0.3 is 0 Å². The number of nitrogens with two attached hydrogens (primary N) is 1. The molecule has 0 aliphatic carbocycles. The molecular formula is C14H18ClN3S. The maximum absolute atomic E-state index is 6.24. The van der Waals surface area contributed by atoms with E-state index in [2.05, 4.69) is 16.8 Å². The van der Waals surface area contributed by atoms with Gasteiger partial charge in [0.25, 0.3) is 0 Å². The Labute approximate surface area is 123 Å². The molecule has 3 nitrogen and oxygen atoms in total. The second-order valence-corrected chi connectivity index (χ2v) is 6.09. The van der Waals surface area contributed by atoms with Crippen LogP contribution < -0.4 is 10.6 Å². The summed E-state index contributed by atoms with van der Waals surface area (Å²) in [5.41, 5.74) is 6.97. The summed E-state index contributed by atoms with van der Waals surface area (Å²) >= 11 is 7.87. The molecule has 0 aliphatic heterocycles. The maximum atomic E-state index is 6.24. The lowest BCUT2D eigenvalue weighted by atomic mass is 10.1. The Balaban J connectivity index is 2.23. The van der Waals surface area contributed by atoms with Gasteiger partial charge in [0, 0.05) is 29.2 Å². The van der Waals surface area contributed by atoms with Gasteiger partial charge in [-0.1, -0.05) is 29.8 Å². The zero-order valence-electron chi connectivity index (χ0n) is 11.3. The molecule has 1 aromatic heterocycles. The summed E-state index contributed by atoms with van der Waals surface area (Å²) < 4.78 is 0. The van der Waals surface area contributed by atoms with E-state index in [1.54, 1.807) is 11.3 Å². The van der Waals surface area contributed by atoms with Crippen LogP contribution in [0.4, 0.5) is 5.13 Å². The van der Waals surface area contributed by atoms with Crippen molar-refractivity contribution in [2.45, 2.75) is 25.9 Å². The number of rotatable bonds is 4. The minimum atomic E-state index is 0.0234. The standard InChI is InChI=1S/C14H18ClN3S/c1-9(16)13-8-17-14(19-13)18(3)10(2)11-6-4-5-7-12(11)15/h4-10H,16H2,1-3H3. The molecule has 0 spiro atoms. The first-order valence-electron chi connectivity index (χ1n) is 6.19. The molecule has 0 amide bonds. The first-order valence-corrected chi connectivity index (χ1v) is 7.38. The van der Waals surface area contributed by atoms with E-state index in [9.17, 15) is 0 Å². The summed E-state index contributed by atoms with van der Waals surface area (Å²) in [5.74, 6) is 0. The monoisotopic (exact) mass is 295 g/mol. The maximum Gasteiger partial charge on any atom is 0.185 e. The van der Waals surface area contributed by atoms with Gasteiger partial charge in [0.2, 0.25) is 0 Å². The lowest BCUT2D eigenvalue weighted by Gasteiger charge is -2.25. The number of aromatic nitrogens is 1. The van der Waals surface area contributed by atoms with E-state index in [1.165, 1.54) is 0 Å². The molecule has 0 saturated carbocycles. The molecule has 0 saturated heterocycles. The largest absolute Gasteiger partial charge is 0.344 e. The Morgan fingerprint density at radius 3 is 2.58 bits per heavy atom. The topological polar surface area (TPSA) is 42.1 Å². The number of hydrogen-bond acceptors (Lipinski definition) is 4. The molecule has 0 radical (unpaired) electrons. The molecule has 5 heteroatoms. The fourth-order valence-electron chi connectivity index (χ4n) is 1.84. The van der Waals surface area contributed by atoms with Crippen molar-refractivity contribution in [1.29, 1.82) is 0 Å². The quantitative estimate of drug-likeness (QED) is 0.926. The van der Waals surface area contributed by atoms with E-state index in [0.717, 1.165) is 20.6 Å². The van der Waals surface area contributed by atoms with Crippen LogP contribution in [0.1, 0.15) is 36.4 Å². The molecule has 1 aromatic carbocycles. The molecule has 19 heavy (non-hydrogen) atoms. The summed E-state index contributed by atoms with van der Waals surface area (Å²) in [6, 6.07) is 8.09. The number of thiazole rings is 1. The average Bonchev–Trinajstić information content (AvgIpc) is 2.87. The molecule has 0 fully saturated rings. The van der Waals surface area contributed by atoms with Crippen molar-refractivity contribution in [2.24, 2.45) is 5.73 Å².